The fraction of sp³-hybridized carbons (Fsp3) is 0.176. The first-order chi connectivity index (χ1) is 10.6. The molecule has 0 bridgehead atoms. The molecule has 3 aromatic rings. The third kappa shape index (κ3) is 2.83. The number of rotatable bonds is 4. The van der Waals surface area contributed by atoms with Crippen LogP contribution in [0.1, 0.15) is 18.5 Å². The molecule has 112 valence electrons. The molecule has 5 heteroatoms. The molecule has 2 aromatic carbocycles. The van der Waals surface area contributed by atoms with Crippen LogP contribution in [0.3, 0.4) is 0 Å². The van der Waals surface area contributed by atoms with E-state index in [0.717, 1.165) is 16.5 Å². The Morgan fingerprint density at radius 2 is 1.95 bits per heavy atom. The number of fused-ring (bicyclic) bond motifs is 1. The average Bonchev–Trinajstić information content (AvgIpc) is 2.97. The second-order valence-corrected chi connectivity index (χ2v) is 5.17. The predicted molar refractivity (Wildman–Crippen MR) is 82.7 cm³/mol. The van der Waals surface area contributed by atoms with Crippen molar-refractivity contribution in [2.24, 2.45) is 0 Å². The van der Waals surface area contributed by atoms with Crippen LogP contribution in [-0.2, 0) is 11.3 Å². The molecule has 0 spiro atoms. The average molecular weight is 297 g/mol. The summed E-state index contributed by atoms with van der Waals surface area (Å²) in [5.41, 5.74) is 1.78. The molecule has 1 unspecified atom stereocenters. The molecular formula is C17H16FN3O. The summed E-state index contributed by atoms with van der Waals surface area (Å²) in [5.74, 6) is -0.412. The fourth-order valence-corrected chi connectivity index (χ4v) is 2.35. The van der Waals surface area contributed by atoms with Crippen LogP contribution in [-0.4, -0.2) is 15.7 Å². The van der Waals surface area contributed by atoms with Gasteiger partial charge in [0.15, 0.2) is 0 Å². The summed E-state index contributed by atoms with van der Waals surface area (Å²) in [6.45, 7) is 2.17. The highest BCUT2D eigenvalue weighted by Crippen LogP contribution is 2.17. The summed E-state index contributed by atoms with van der Waals surface area (Å²) in [5, 5.41) is 8.14. The SMILES string of the molecule is CC(C(=O)NCc1ccc(F)cc1)n1ncc2ccccc21. The van der Waals surface area contributed by atoms with E-state index in [4.69, 9.17) is 0 Å². The van der Waals surface area contributed by atoms with E-state index >= 15 is 0 Å². The van der Waals surface area contributed by atoms with Gasteiger partial charge in [-0.05, 0) is 30.7 Å². The van der Waals surface area contributed by atoms with Crippen LogP contribution in [0.2, 0.25) is 0 Å². The van der Waals surface area contributed by atoms with Crippen molar-refractivity contribution in [1.82, 2.24) is 15.1 Å². The zero-order valence-corrected chi connectivity index (χ0v) is 12.2. The van der Waals surface area contributed by atoms with Crippen molar-refractivity contribution >= 4 is 16.8 Å². The molecule has 1 aromatic heterocycles. The second-order valence-electron chi connectivity index (χ2n) is 5.17. The Kier molecular flexibility index (Phi) is 3.87. The van der Waals surface area contributed by atoms with Gasteiger partial charge in [0, 0.05) is 11.9 Å². The Hall–Kier alpha value is -2.69. The molecule has 1 atom stereocenters. The molecule has 0 aliphatic carbocycles. The quantitative estimate of drug-likeness (QED) is 0.804. The van der Waals surface area contributed by atoms with Crippen molar-refractivity contribution in [3.05, 3.63) is 66.1 Å². The molecule has 0 saturated heterocycles. The zero-order chi connectivity index (χ0) is 15.5. The lowest BCUT2D eigenvalue weighted by molar-refractivity contribution is -0.124. The van der Waals surface area contributed by atoms with Gasteiger partial charge >= 0.3 is 0 Å². The Labute approximate surface area is 127 Å². The van der Waals surface area contributed by atoms with Crippen molar-refractivity contribution in [3.63, 3.8) is 0 Å². The van der Waals surface area contributed by atoms with Crippen molar-refractivity contribution in [2.75, 3.05) is 0 Å². The minimum absolute atomic E-state index is 0.127. The maximum Gasteiger partial charge on any atom is 0.244 e. The number of amides is 1. The summed E-state index contributed by atoms with van der Waals surface area (Å²) in [7, 11) is 0. The van der Waals surface area contributed by atoms with E-state index in [1.807, 2.05) is 24.3 Å². The summed E-state index contributed by atoms with van der Waals surface area (Å²) < 4.78 is 14.6. The van der Waals surface area contributed by atoms with Crippen LogP contribution in [0.4, 0.5) is 4.39 Å². The van der Waals surface area contributed by atoms with Gasteiger partial charge in [0.25, 0.3) is 0 Å². The molecular weight excluding hydrogens is 281 g/mol. The van der Waals surface area contributed by atoms with Crippen molar-refractivity contribution < 1.29 is 9.18 Å². The first-order valence-corrected chi connectivity index (χ1v) is 7.09. The normalized spacial score (nSPS) is 12.3. The smallest absolute Gasteiger partial charge is 0.244 e. The first-order valence-electron chi connectivity index (χ1n) is 7.09. The zero-order valence-electron chi connectivity index (χ0n) is 12.2. The number of para-hydroxylation sites is 1. The highest BCUT2D eigenvalue weighted by Gasteiger charge is 2.17. The molecule has 0 aliphatic rings. The molecule has 22 heavy (non-hydrogen) atoms. The van der Waals surface area contributed by atoms with Gasteiger partial charge in [0.1, 0.15) is 11.9 Å². The molecule has 1 amide bonds. The number of halogens is 1. The van der Waals surface area contributed by atoms with Gasteiger partial charge < -0.3 is 5.32 Å². The lowest BCUT2D eigenvalue weighted by Gasteiger charge is -2.14. The van der Waals surface area contributed by atoms with E-state index in [2.05, 4.69) is 10.4 Å². The van der Waals surface area contributed by atoms with Crippen molar-refractivity contribution in [3.8, 4) is 0 Å². The molecule has 0 saturated carbocycles. The maximum atomic E-state index is 12.8. The number of carbonyl (C=O) groups excluding carboxylic acids is 1. The number of nitrogens with zero attached hydrogens (tertiary/aromatic N) is 2. The molecule has 1 heterocycles. The van der Waals surface area contributed by atoms with E-state index in [9.17, 15) is 9.18 Å². The van der Waals surface area contributed by atoms with Crippen LogP contribution in [0.15, 0.2) is 54.7 Å². The topological polar surface area (TPSA) is 46.9 Å². The third-order valence-corrected chi connectivity index (χ3v) is 3.63. The molecule has 3 rings (SSSR count). The summed E-state index contributed by atoms with van der Waals surface area (Å²) in [6.07, 6.45) is 1.75. The lowest BCUT2D eigenvalue weighted by Crippen LogP contribution is -2.31. The Morgan fingerprint density at radius 1 is 1.23 bits per heavy atom. The number of hydrogen-bond donors (Lipinski definition) is 1. The number of aromatic nitrogens is 2. The van der Waals surface area contributed by atoms with Gasteiger partial charge in [-0.3, -0.25) is 9.48 Å². The van der Waals surface area contributed by atoms with Gasteiger partial charge in [-0.1, -0.05) is 30.3 Å². The second kappa shape index (κ2) is 5.97. The number of nitrogens with one attached hydrogen (secondary N) is 1. The Morgan fingerprint density at radius 3 is 2.73 bits per heavy atom. The standard InChI is InChI=1S/C17H16FN3O/c1-12(21-16-5-3-2-4-14(16)11-20-21)17(22)19-10-13-6-8-15(18)9-7-13/h2-9,11-12H,10H2,1H3,(H,19,22). The van der Waals surface area contributed by atoms with Gasteiger partial charge in [0.2, 0.25) is 5.91 Å². The molecule has 0 fully saturated rings. The number of hydrogen-bond acceptors (Lipinski definition) is 2. The van der Waals surface area contributed by atoms with Crippen molar-refractivity contribution in [2.45, 2.75) is 19.5 Å². The monoisotopic (exact) mass is 297 g/mol. The molecule has 0 aliphatic heterocycles. The summed E-state index contributed by atoms with van der Waals surface area (Å²) in [6, 6.07) is 13.4. The van der Waals surface area contributed by atoms with Crippen LogP contribution in [0.5, 0.6) is 0 Å². The summed E-state index contributed by atoms with van der Waals surface area (Å²) >= 11 is 0. The van der Waals surface area contributed by atoms with Crippen molar-refractivity contribution in [1.29, 1.82) is 0 Å². The molecule has 0 radical (unpaired) electrons. The largest absolute Gasteiger partial charge is 0.350 e. The predicted octanol–water partition coefficient (Wildman–Crippen LogP) is 3.05. The summed E-state index contributed by atoms with van der Waals surface area (Å²) in [4.78, 5) is 12.3. The van der Waals surface area contributed by atoms with Crippen LogP contribution in [0, 0.1) is 5.82 Å². The van der Waals surface area contributed by atoms with Crippen LogP contribution >= 0.6 is 0 Å². The van der Waals surface area contributed by atoms with E-state index < -0.39 is 6.04 Å². The highest BCUT2D eigenvalue weighted by molar-refractivity contribution is 5.84. The van der Waals surface area contributed by atoms with Gasteiger partial charge in [-0.2, -0.15) is 5.10 Å². The Balaban J connectivity index is 1.70. The fourth-order valence-electron chi connectivity index (χ4n) is 2.35. The van der Waals surface area contributed by atoms with Gasteiger partial charge in [0.05, 0.1) is 11.7 Å². The van der Waals surface area contributed by atoms with Gasteiger partial charge in [-0.15, -0.1) is 0 Å². The lowest BCUT2D eigenvalue weighted by atomic mass is 10.2. The van der Waals surface area contributed by atoms with E-state index in [-0.39, 0.29) is 11.7 Å². The Bertz CT molecular complexity index is 795. The minimum Gasteiger partial charge on any atom is -0.350 e. The van der Waals surface area contributed by atoms with Crippen LogP contribution in [0.25, 0.3) is 10.9 Å². The van der Waals surface area contributed by atoms with Crippen LogP contribution < -0.4 is 5.32 Å². The third-order valence-electron chi connectivity index (χ3n) is 3.63. The minimum atomic E-state index is -0.416. The number of benzene rings is 2. The van der Waals surface area contributed by atoms with E-state index in [0.29, 0.717) is 6.54 Å². The van der Waals surface area contributed by atoms with E-state index in [1.165, 1.54) is 12.1 Å². The maximum absolute atomic E-state index is 12.8. The van der Waals surface area contributed by atoms with Gasteiger partial charge in [-0.25, -0.2) is 4.39 Å². The molecule has 4 nitrogen and oxygen atoms in total. The first kappa shape index (κ1) is 14.3. The number of carbonyl (C=O) groups is 1. The molecule has 1 N–H and O–H groups in total. The van der Waals surface area contributed by atoms with E-state index in [1.54, 1.807) is 29.9 Å². The highest BCUT2D eigenvalue weighted by atomic mass is 19.1.